The molecule has 210 valence electrons. The maximum atomic E-state index is 11.0. The number of aromatic amines is 1. The van der Waals surface area contributed by atoms with Crippen LogP contribution in [-0.2, 0) is 9.59 Å². The molecule has 0 saturated carbocycles. The number of rotatable bonds is 10. The molecule has 0 atom stereocenters. The zero-order valence-electron chi connectivity index (χ0n) is 23.9. The summed E-state index contributed by atoms with van der Waals surface area (Å²) in [5, 5.41) is 4.54. The van der Waals surface area contributed by atoms with Crippen LogP contribution in [0.25, 0.3) is 22.0 Å². The van der Waals surface area contributed by atoms with Crippen LogP contribution < -0.4 is 5.32 Å². The highest BCUT2D eigenvalue weighted by Crippen LogP contribution is 2.33. The van der Waals surface area contributed by atoms with E-state index >= 15 is 0 Å². The third-order valence-corrected chi connectivity index (χ3v) is 5.54. The van der Waals surface area contributed by atoms with E-state index in [0.29, 0.717) is 40.7 Å². The summed E-state index contributed by atoms with van der Waals surface area (Å²) in [6.07, 6.45) is 16.4. The molecule has 0 saturated heterocycles. The third-order valence-electron chi connectivity index (χ3n) is 5.25. The molecule has 3 rings (SSSR count). The second-order valence-electron chi connectivity index (χ2n) is 9.11. The number of pyridine rings is 1. The number of aliphatic imine (C=N–C) groups is 2. The molecule has 0 amide bonds. The van der Waals surface area contributed by atoms with Gasteiger partial charge in [-0.3, -0.25) is 19.6 Å². The van der Waals surface area contributed by atoms with Crippen molar-refractivity contribution < 1.29 is 9.59 Å². The largest absolute Gasteiger partial charge is 0.359 e. The Balaban J connectivity index is 0.000000353. The molecule has 0 fully saturated rings. The Kier molecular flexibility index (Phi) is 16.1. The zero-order chi connectivity index (χ0) is 29.2. The number of likely N-dealkylation sites (N-methyl/N-ethyl adjacent to an activating group) is 1. The first kappa shape index (κ1) is 33.6. The summed E-state index contributed by atoms with van der Waals surface area (Å²) in [7, 11) is 4.17. The number of hydrogen-bond donors (Lipinski definition) is 2. The maximum absolute atomic E-state index is 11.0. The molecule has 1 aliphatic rings. The second-order valence-corrected chi connectivity index (χ2v) is 9.52. The van der Waals surface area contributed by atoms with E-state index in [1.165, 1.54) is 6.34 Å². The maximum Gasteiger partial charge on any atom is 0.150 e. The minimum Gasteiger partial charge on any atom is -0.359 e. The van der Waals surface area contributed by atoms with Crippen LogP contribution in [0.3, 0.4) is 0 Å². The van der Waals surface area contributed by atoms with Gasteiger partial charge in [0.2, 0.25) is 0 Å². The Morgan fingerprint density at radius 1 is 1.28 bits per heavy atom. The SMILES string of the molecule is C/C=C\C(C=O)=C/CC.C=C(C=O)c1c[nH]c2c(C3=CCN=CN=C3)ncc(Cl)c12.CC(C)NCCN(C)C. The molecule has 2 N–H and O–H groups in total. The smallest absolute Gasteiger partial charge is 0.150 e. The van der Waals surface area contributed by atoms with Crippen LogP contribution >= 0.6 is 11.6 Å². The first-order valence-electron chi connectivity index (χ1n) is 12.9. The highest BCUT2D eigenvalue weighted by molar-refractivity contribution is 6.37. The Bertz CT molecular complexity index is 1230. The minimum atomic E-state index is 0.368. The van der Waals surface area contributed by atoms with E-state index in [4.69, 9.17) is 11.6 Å². The number of aromatic nitrogens is 2. The lowest BCUT2D eigenvalue weighted by Crippen LogP contribution is -2.30. The molecule has 39 heavy (non-hydrogen) atoms. The van der Waals surface area contributed by atoms with E-state index in [9.17, 15) is 9.59 Å². The number of H-pyrrole nitrogens is 1. The van der Waals surface area contributed by atoms with Crippen molar-refractivity contribution in [3.63, 3.8) is 0 Å². The van der Waals surface area contributed by atoms with Gasteiger partial charge >= 0.3 is 0 Å². The van der Waals surface area contributed by atoms with Crippen LogP contribution in [0.5, 0.6) is 0 Å². The van der Waals surface area contributed by atoms with Crippen LogP contribution in [0.2, 0.25) is 5.02 Å². The predicted molar refractivity (Wildman–Crippen MR) is 167 cm³/mol. The zero-order valence-corrected chi connectivity index (χ0v) is 24.6. The summed E-state index contributed by atoms with van der Waals surface area (Å²) in [4.78, 5) is 38.9. The average molecular weight is 553 g/mol. The van der Waals surface area contributed by atoms with E-state index < -0.39 is 0 Å². The third kappa shape index (κ3) is 11.9. The standard InChI is InChI=1S/C15H11ClN4O.C8H12O.C7H18N2/c1-9(7-21)11-5-19-15-13(11)12(16)6-20-14(15)10-2-3-17-8-18-4-10;1-3-5-8(7-9)6-4-2;1-7(2)8-5-6-9(3)4/h2,4-8,19H,1,3H2;3,5-7H,4H2,1-2H3;7-8H,5-6H2,1-4H3/b;5-3-,8-6+;. The van der Waals surface area contributed by atoms with E-state index in [2.05, 4.69) is 64.7 Å². The summed E-state index contributed by atoms with van der Waals surface area (Å²) >= 11 is 6.23. The lowest BCUT2D eigenvalue weighted by molar-refractivity contribution is -0.105. The monoisotopic (exact) mass is 552 g/mol. The molecule has 0 radical (unpaired) electrons. The second kappa shape index (κ2) is 18.7. The topological polar surface area (TPSA) is 103 Å². The van der Waals surface area contributed by atoms with Crippen molar-refractivity contribution >= 4 is 58.8 Å². The fourth-order valence-electron chi connectivity index (χ4n) is 3.37. The van der Waals surface area contributed by atoms with Gasteiger partial charge in [0, 0.05) is 65.4 Å². The lowest BCUT2D eigenvalue weighted by atomic mass is 10.1. The lowest BCUT2D eigenvalue weighted by Gasteiger charge is -2.11. The van der Waals surface area contributed by atoms with Gasteiger partial charge in [-0.2, -0.15) is 0 Å². The van der Waals surface area contributed by atoms with Crippen molar-refractivity contribution in [2.24, 2.45) is 9.98 Å². The first-order chi connectivity index (χ1) is 18.7. The number of allylic oxidation sites excluding steroid dienone is 6. The number of fused-ring (bicyclic) bond motifs is 1. The molecular weight excluding hydrogens is 512 g/mol. The van der Waals surface area contributed by atoms with Gasteiger partial charge in [-0.1, -0.05) is 63.3 Å². The van der Waals surface area contributed by atoms with E-state index in [0.717, 1.165) is 47.8 Å². The molecule has 2 aromatic rings. The van der Waals surface area contributed by atoms with Crippen LogP contribution in [0, 0.1) is 0 Å². The predicted octanol–water partition coefficient (Wildman–Crippen LogP) is 5.57. The van der Waals surface area contributed by atoms with Crippen LogP contribution in [0.15, 0.2) is 58.8 Å². The fraction of sp³-hybridized carbons (Fsp3) is 0.367. The molecule has 2 aromatic heterocycles. The quantitative estimate of drug-likeness (QED) is 0.228. The summed E-state index contributed by atoms with van der Waals surface area (Å²) in [5.41, 5.74) is 4.12. The Morgan fingerprint density at radius 3 is 2.62 bits per heavy atom. The summed E-state index contributed by atoms with van der Waals surface area (Å²) in [6, 6.07) is 0.616. The number of carbonyl (C=O) groups is 2. The van der Waals surface area contributed by atoms with Gasteiger partial charge in [-0.05, 0) is 27.4 Å². The number of hydrogen-bond acceptors (Lipinski definition) is 7. The molecule has 0 bridgehead atoms. The number of carbonyl (C=O) groups excluding carboxylic acids is 2. The van der Waals surface area contributed by atoms with Crippen molar-refractivity contribution in [3.05, 3.63) is 65.1 Å². The van der Waals surface area contributed by atoms with Crippen LogP contribution in [0.1, 0.15) is 45.4 Å². The highest BCUT2D eigenvalue weighted by Gasteiger charge is 2.16. The van der Waals surface area contributed by atoms with Gasteiger partial charge in [-0.25, -0.2) is 4.99 Å². The van der Waals surface area contributed by atoms with Crippen molar-refractivity contribution in [1.29, 1.82) is 0 Å². The molecule has 0 aromatic carbocycles. The van der Waals surface area contributed by atoms with E-state index in [1.54, 1.807) is 24.7 Å². The first-order valence-corrected chi connectivity index (χ1v) is 13.3. The Labute approximate surface area is 237 Å². The Hall–Kier alpha value is -3.46. The molecule has 0 aliphatic carbocycles. The van der Waals surface area contributed by atoms with E-state index in [1.807, 2.05) is 32.1 Å². The van der Waals surface area contributed by atoms with Gasteiger partial charge in [0.25, 0.3) is 0 Å². The summed E-state index contributed by atoms with van der Waals surface area (Å²) in [5.74, 6) is 0. The Morgan fingerprint density at radius 2 is 2.03 bits per heavy atom. The molecule has 8 nitrogen and oxygen atoms in total. The summed E-state index contributed by atoms with van der Waals surface area (Å²) in [6.45, 7) is 14.7. The molecule has 9 heteroatoms. The molecule has 0 spiro atoms. The molecule has 3 heterocycles. The number of nitrogens with zero attached hydrogens (tertiary/aromatic N) is 4. The van der Waals surface area contributed by atoms with Crippen molar-refractivity contribution in [1.82, 2.24) is 20.2 Å². The normalized spacial score (nSPS) is 13.1. The van der Waals surface area contributed by atoms with E-state index in [-0.39, 0.29) is 0 Å². The number of halogens is 1. The van der Waals surface area contributed by atoms with Gasteiger partial charge in [0.05, 0.1) is 22.8 Å². The van der Waals surface area contributed by atoms with Crippen LogP contribution in [-0.4, -0.2) is 79.8 Å². The molecule has 1 aliphatic heterocycles. The highest BCUT2D eigenvalue weighted by atomic mass is 35.5. The molecule has 0 unspecified atom stereocenters. The number of aldehydes is 2. The van der Waals surface area contributed by atoms with Gasteiger partial charge in [-0.15, -0.1) is 0 Å². The molecular formula is C30H41ClN6O2. The van der Waals surface area contributed by atoms with Crippen molar-refractivity contribution in [3.8, 4) is 0 Å². The minimum absolute atomic E-state index is 0.368. The van der Waals surface area contributed by atoms with Crippen LogP contribution in [0.4, 0.5) is 0 Å². The van der Waals surface area contributed by atoms with Crippen molar-refractivity contribution in [2.75, 3.05) is 33.7 Å². The van der Waals surface area contributed by atoms with Gasteiger partial charge in [0.15, 0.2) is 0 Å². The van der Waals surface area contributed by atoms with Crippen molar-refractivity contribution in [2.45, 2.75) is 40.2 Å². The average Bonchev–Trinajstić information content (AvgIpc) is 3.18. The van der Waals surface area contributed by atoms with Gasteiger partial charge in [0.1, 0.15) is 18.9 Å². The fourth-order valence-corrected chi connectivity index (χ4v) is 3.62. The summed E-state index contributed by atoms with van der Waals surface area (Å²) < 4.78 is 0. The van der Waals surface area contributed by atoms with Gasteiger partial charge < -0.3 is 15.2 Å². The number of nitrogens with one attached hydrogen (secondary N) is 2.